The monoisotopic (exact) mass is 313 g/mol. The van der Waals surface area contributed by atoms with Crippen LogP contribution in [0, 0.1) is 13.8 Å². The van der Waals surface area contributed by atoms with Gasteiger partial charge in [-0.15, -0.1) is 0 Å². The quantitative estimate of drug-likeness (QED) is 0.590. The minimum atomic E-state index is -3.46. The molecule has 0 heterocycles. The van der Waals surface area contributed by atoms with Gasteiger partial charge in [-0.25, -0.2) is 13.1 Å². The van der Waals surface area contributed by atoms with E-state index in [9.17, 15) is 13.2 Å². The van der Waals surface area contributed by atoms with Gasteiger partial charge in [0.25, 0.3) is 0 Å². The van der Waals surface area contributed by atoms with Gasteiger partial charge in [-0.05, 0) is 43.9 Å². The molecule has 0 spiro atoms. The third kappa shape index (κ3) is 5.85. The summed E-state index contributed by atoms with van der Waals surface area (Å²) in [5.41, 5.74) is 1.65. The SMILES string of the molecule is COC(=O)CCCCCNS(=O)(=O)c1cc(C)ccc1C. The Balaban J connectivity index is 2.43. The lowest BCUT2D eigenvalue weighted by atomic mass is 10.2. The third-order valence-corrected chi connectivity index (χ3v) is 4.81. The summed E-state index contributed by atoms with van der Waals surface area (Å²) < 4.78 is 31.6. The van der Waals surface area contributed by atoms with E-state index >= 15 is 0 Å². The maximum absolute atomic E-state index is 12.2. The van der Waals surface area contributed by atoms with E-state index in [2.05, 4.69) is 9.46 Å². The lowest BCUT2D eigenvalue weighted by Crippen LogP contribution is -2.25. The van der Waals surface area contributed by atoms with Gasteiger partial charge in [-0.2, -0.15) is 0 Å². The molecule has 0 amide bonds. The zero-order valence-electron chi connectivity index (χ0n) is 12.8. The lowest BCUT2D eigenvalue weighted by Gasteiger charge is -2.10. The smallest absolute Gasteiger partial charge is 0.305 e. The second-order valence-electron chi connectivity index (χ2n) is 5.05. The molecule has 0 aromatic heterocycles. The standard InChI is InChI=1S/C15H23NO4S/c1-12-8-9-13(2)14(11-12)21(18,19)16-10-6-4-5-7-15(17)20-3/h8-9,11,16H,4-7,10H2,1-3H3. The van der Waals surface area contributed by atoms with Crippen molar-refractivity contribution in [3.63, 3.8) is 0 Å². The van der Waals surface area contributed by atoms with Crippen molar-refractivity contribution in [1.29, 1.82) is 0 Å². The molecule has 21 heavy (non-hydrogen) atoms. The fourth-order valence-electron chi connectivity index (χ4n) is 1.95. The normalized spacial score (nSPS) is 11.4. The number of ether oxygens (including phenoxy) is 1. The molecule has 0 bridgehead atoms. The van der Waals surface area contributed by atoms with Crippen molar-refractivity contribution in [2.45, 2.75) is 44.4 Å². The Bertz CT molecular complexity index is 581. The van der Waals surface area contributed by atoms with Crippen molar-refractivity contribution in [1.82, 2.24) is 4.72 Å². The highest BCUT2D eigenvalue weighted by atomic mass is 32.2. The van der Waals surface area contributed by atoms with Crippen LogP contribution in [0.1, 0.15) is 36.8 Å². The van der Waals surface area contributed by atoms with Crippen LogP contribution in [0.25, 0.3) is 0 Å². The van der Waals surface area contributed by atoms with E-state index in [0.29, 0.717) is 30.7 Å². The van der Waals surface area contributed by atoms with Crippen LogP contribution in [-0.2, 0) is 19.6 Å². The molecule has 0 fully saturated rings. The first-order valence-electron chi connectivity index (χ1n) is 7.00. The summed E-state index contributed by atoms with van der Waals surface area (Å²) in [4.78, 5) is 11.3. The van der Waals surface area contributed by atoms with Crippen molar-refractivity contribution in [3.8, 4) is 0 Å². The van der Waals surface area contributed by atoms with Crippen molar-refractivity contribution in [2.75, 3.05) is 13.7 Å². The second kappa shape index (κ2) is 8.14. The molecule has 5 nitrogen and oxygen atoms in total. The summed E-state index contributed by atoms with van der Waals surface area (Å²) >= 11 is 0. The van der Waals surface area contributed by atoms with Gasteiger partial charge in [0.2, 0.25) is 10.0 Å². The molecule has 0 saturated carbocycles. The first-order valence-corrected chi connectivity index (χ1v) is 8.49. The third-order valence-electron chi connectivity index (χ3n) is 3.21. The molecule has 6 heteroatoms. The topological polar surface area (TPSA) is 72.5 Å². The zero-order valence-corrected chi connectivity index (χ0v) is 13.6. The molecular formula is C15H23NO4S. The van der Waals surface area contributed by atoms with Gasteiger partial charge in [-0.3, -0.25) is 4.79 Å². The van der Waals surface area contributed by atoms with Crippen LogP contribution in [0.5, 0.6) is 0 Å². The summed E-state index contributed by atoms with van der Waals surface area (Å²) in [5, 5.41) is 0. The fourth-order valence-corrected chi connectivity index (χ4v) is 3.36. The largest absolute Gasteiger partial charge is 0.469 e. The van der Waals surface area contributed by atoms with E-state index in [1.807, 2.05) is 13.0 Å². The molecule has 0 aliphatic rings. The highest BCUT2D eigenvalue weighted by Gasteiger charge is 2.16. The summed E-state index contributed by atoms with van der Waals surface area (Å²) in [7, 11) is -2.10. The minimum Gasteiger partial charge on any atom is -0.469 e. The summed E-state index contributed by atoms with van der Waals surface area (Å²) in [6.45, 7) is 4.02. The first-order chi connectivity index (χ1) is 9.86. The van der Waals surface area contributed by atoms with Crippen LogP contribution < -0.4 is 4.72 Å². The van der Waals surface area contributed by atoms with E-state index < -0.39 is 10.0 Å². The first kappa shape index (κ1) is 17.7. The van der Waals surface area contributed by atoms with Gasteiger partial charge in [0.05, 0.1) is 12.0 Å². The second-order valence-corrected chi connectivity index (χ2v) is 6.79. The molecule has 0 aliphatic heterocycles. The van der Waals surface area contributed by atoms with E-state index in [1.165, 1.54) is 7.11 Å². The molecule has 1 N–H and O–H groups in total. The Morgan fingerprint density at radius 3 is 2.57 bits per heavy atom. The molecule has 0 saturated heterocycles. The maximum atomic E-state index is 12.2. The van der Waals surface area contributed by atoms with Crippen molar-refractivity contribution in [3.05, 3.63) is 29.3 Å². The molecule has 118 valence electrons. The Morgan fingerprint density at radius 1 is 1.19 bits per heavy atom. The molecule has 1 rings (SSSR count). The Labute approximate surface area is 126 Å². The predicted molar refractivity (Wildman–Crippen MR) is 81.6 cm³/mol. The molecule has 0 unspecified atom stereocenters. The Kier molecular flexibility index (Phi) is 6.84. The van der Waals surface area contributed by atoms with Gasteiger partial charge in [0.1, 0.15) is 0 Å². The summed E-state index contributed by atoms with van der Waals surface area (Å²) in [6.07, 6.45) is 2.56. The van der Waals surface area contributed by atoms with Gasteiger partial charge in [0.15, 0.2) is 0 Å². The van der Waals surface area contributed by atoms with Gasteiger partial charge < -0.3 is 4.74 Å². The number of methoxy groups -OCH3 is 1. The van der Waals surface area contributed by atoms with Crippen LogP contribution in [0.15, 0.2) is 23.1 Å². The average Bonchev–Trinajstić information content (AvgIpc) is 2.44. The number of hydrogen-bond acceptors (Lipinski definition) is 4. The lowest BCUT2D eigenvalue weighted by molar-refractivity contribution is -0.140. The highest BCUT2D eigenvalue weighted by Crippen LogP contribution is 2.16. The van der Waals surface area contributed by atoms with Crippen molar-refractivity contribution < 1.29 is 17.9 Å². The summed E-state index contributed by atoms with van der Waals surface area (Å²) in [5.74, 6) is -0.231. The van der Waals surface area contributed by atoms with E-state index in [0.717, 1.165) is 17.5 Å². The Hall–Kier alpha value is -1.40. The fraction of sp³-hybridized carbons (Fsp3) is 0.533. The number of aryl methyl sites for hydroxylation is 2. The van der Waals surface area contributed by atoms with Crippen LogP contribution in [0.3, 0.4) is 0 Å². The van der Waals surface area contributed by atoms with E-state index in [4.69, 9.17) is 0 Å². The number of sulfonamides is 1. The predicted octanol–water partition coefficient (Wildman–Crippen LogP) is 2.32. The van der Waals surface area contributed by atoms with Gasteiger partial charge in [0, 0.05) is 13.0 Å². The number of hydrogen-bond donors (Lipinski definition) is 1. The van der Waals surface area contributed by atoms with Crippen molar-refractivity contribution >= 4 is 16.0 Å². The number of nitrogens with one attached hydrogen (secondary N) is 1. The number of unbranched alkanes of at least 4 members (excludes halogenated alkanes) is 2. The van der Waals surface area contributed by atoms with Crippen LogP contribution >= 0.6 is 0 Å². The van der Waals surface area contributed by atoms with Crippen molar-refractivity contribution in [2.24, 2.45) is 0 Å². The number of esters is 1. The van der Waals surface area contributed by atoms with E-state index in [-0.39, 0.29) is 5.97 Å². The average molecular weight is 313 g/mol. The van der Waals surface area contributed by atoms with Gasteiger partial charge in [-0.1, -0.05) is 18.6 Å². The minimum absolute atomic E-state index is 0.231. The van der Waals surface area contributed by atoms with Crippen LogP contribution in [0.4, 0.5) is 0 Å². The molecule has 0 radical (unpaired) electrons. The number of benzene rings is 1. The number of carbonyl (C=O) groups is 1. The Morgan fingerprint density at radius 2 is 1.90 bits per heavy atom. The molecule has 0 atom stereocenters. The van der Waals surface area contributed by atoms with E-state index in [1.54, 1.807) is 19.1 Å². The molecule has 1 aromatic rings. The number of carbonyl (C=O) groups excluding carboxylic acids is 1. The molecular weight excluding hydrogens is 290 g/mol. The molecule has 1 aromatic carbocycles. The summed E-state index contributed by atoms with van der Waals surface area (Å²) in [6, 6.07) is 5.37. The van der Waals surface area contributed by atoms with Gasteiger partial charge >= 0.3 is 5.97 Å². The maximum Gasteiger partial charge on any atom is 0.305 e. The number of rotatable bonds is 8. The van der Waals surface area contributed by atoms with Crippen LogP contribution in [0.2, 0.25) is 0 Å². The molecule has 0 aliphatic carbocycles. The zero-order chi connectivity index (χ0) is 15.9. The van der Waals surface area contributed by atoms with Crippen LogP contribution in [-0.4, -0.2) is 28.0 Å². The highest BCUT2D eigenvalue weighted by molar-refractivity contribution is 7.89.